The Morgan fingerprint density at radius 2 is 1.92 bits per heavy atom. The molecule has 0 N–H and O–H groups in total. The Kier molecular flexibility index (Phi) is 9.19. The lowest BCUT2D eigenvalue weighted by atomic mass is 9.96. The van der Waals surface area contributed by atoms with Crippen LogP contribution in [0.25, 0.3) is 0 Å². The molecule has 1 unspecified atom stereocenters. The summed E-state index contributed by atoms with van der Waals surface area (Å²) in [5, 5.41) is 4.80. The number of aryl methyl sites for hydroxylation is 1. The molecule has 1 aliphatic rings. The van der Waals surface area contributed by atoms with Crippen molar-refractivity contribution in [3.05, 3.63) is 83.6 Å². The average molecular weight is 525 g/mol. The molecule has 0 radical (unpaired) electrons. The van der Waals surface area contributed by atoms with E-state index in [0.717, 1.165) is 5.56 Å². The summed E-state index contributed by atoms with van der Waals surface area (Å²) in [6.45, 7) is 2.41. The van der Waals surface area contributed by atoms with Gasteiger partial charge >= 0.3 is 0 Å². The highest BCUT2D eigenvalue weighted by atomic mass is 35.5. The molecule has 1 aliphatic heterocycles. The van der Waals surface area contributed by atoms with Crippen LogP contribution in [-0.2, 0) is 27.4 Å². The predicted octanol–water partition coefficient (Wildman–Crippen LogP) is 4.04. The first-order valence-electron chi connectivity index (χ1n) is 12.5. The number of amides is 2. The third kappa shape index (κ3) is 7.81. The van der Waals surface area contributed by atoms with E-state index in [-0.39, 0.29) is 31.4 Å². The number of nitrogens with zero attached hydrogens (tertiary/aromatic N) is 4. The van der Waals surface area contributed by atoms with Gasteiger partial charge < -0.3 is 19.3 Å². The zero-order valence-electron chi connectivity index (χ0n) is 21.1. The lowest BCUT2D eigenvalue weighted by Gasteiger charge is -2.42. The van der Waals surface area contributed by atoms with Crippen molar-refractivity contribution < 1.29 is 19.1 Å². The lowest BCUT2D eigenvalue weighted by Crippen LogP contribution is -2.58. The van der Waals surface area contributed by atoms with Gasteiger partial charge in [0.1, 0.15) is 18.0 Å². The predicted molar refractivity (Wildman–Crippen MR) is 141 cm³/mol. The molecule has 9 heteroatoms. The van der Waals surface area contributed by atoms with Gasteiger partial charge in [0.2, 0.25) is 11.8 Å². The number of benzene rings is 2. The van der Waals surface area contributed by atoms with Crippen LogP contribution in [0.2, 0.25) is 5.02 Å². The van der Waals surface area contributed by atoms with Crippen molar-refractivity contribution in [2.75, 3.05) is 33.4 Å². The fourth-order valence-electron chi connectivity index (χ4n) is 4.39. The molecular formula is C28H33ClN4O4. The van der Waals surface area contributed by atoms with Crippen molar-refractivity contribution in [1.82, 2.24) is 19.6 Å². The highest BCUT2D eigenvalue weighted by molar-refractivity contribution is 6.30. The number of hydrogen-bond donors (Lipinski definition) is 0. The number of carbonyl (C=O) groups excluding carboxylic acids is 2. The fraction of sp³-hybridized carbons (Fsp3) is 0.393. The van der Waals surface area contributed by atoms with Gasteiger partial charge in [0.15, 0.2) is 0 Å². The molecule has 0 spiro atoms. The largest absolute Gasteiger partial charge is 0.490 e. The van der Waals surface area contributed by atoms with Crippen LogP contribution in [0.4, 0.5) is 0 Å². The molecule has 2 aromatic carbocycles. The van der Waals surface area contributed by atoms with Crippen molar-refractivity contribution >= 4 is 23.4 Å². The number of halogens is 1. The number of morpholine rings is 1. The van der Waals surface area contributed by atoms with Crippen LogP contribution in [0.15, 0.2) is 73.1 Å². The van der Waals surface area contributed by atoms with Gasteiger partial charge in [-0.25, -0.2) is 0 Å². The third-order valence-electron chi connectivity index (χ3n) is 6.42. The van der Waals surface area contributed by atoms with Crippen LogP contribution in [0.5, 0.6) is 5.75 Å². The molecule has 1 atom stereocenters. The Labute approximate surface area is 222 Å². The van der Waals surface area contributed by atoms with Gasteiger partial charge in [0.05, 0.1) is 19.6 Å². The molecule has 2 amide bonds. The van der Waals surface area contributed by atoms with Gasteiger partial charge in [0.25, 0.3) is 0 Å². The first kappa shape index (κ1) is 26.7. The Morgan fingerprint density at radius 3 is 2.65 bits per heavy atom. The lowest BCUT2D eigenvalue weighted by molar-refractivity contribution is -0.165. The molecule has 4 rings (SSSR count). The molecule has 8 nitrogen and oxygen atoms in total. The Bertz CT molecular complexity index is 1140. The number of carbonyl (C=O) groups is 2. The highest BCUT2D eigenvalue weighted by Gasteiger charge is 2.42. The highest BCUT2D eigenvalue weighted by Crippen LogP contribution is 2.27. The minimum atomic E-state index is -0.961. The summed E-state index contributed by atoms with van der Waals surface area (Å²) < 4.78 is 14.1. The van der Waals surface area contributed by atoms with E-state index in [0.29, 0.717) is 49.9 Å². The van der Waals surface area contributed by atoms with Gasteiger partial charge in [-0.1, -0.05) is 41.9 Å². The summed E-state index contributed by atoms with van der Waals surface area (Å²) in [6, 6.07) is 18.8. The molecular weight excluding hydrogens is 492 g/mol. The Hall–Kier alpha value is -3.36. The monoisotopic (exact) mass is 524 g/mol. The van der Waals surface area contributed by atoms with Gasteiger partial charge in [-0.2, -0.15) is 5.10 Å². The SMILES string of the molecule is CN(Cc1ccccc1)C(=O)CC1(COc2ccc(Cl)cc2)CN(C(=O)CCCn2cccn2)CCO1. The van der Waals surface area contributed by atoms with Gasteiger partial charge in [-0.15, -0.1) is 0 Å². The molecule has 196 valence electrons. The smallest absolute Gasteiger partial charge is 0.225 e. The molecule has 0 aliphatic carbocycles. The van der Waals surface area contributed by atoms with E-state index in [1.807, 2.05) is 47.3 Å². The van der Waals surface area contributed by atoms with Gasteiger partial charge in [-0.05, 0) is 42.3 Å². The third-order valence-corrected chi connectivity index (χ3v) is 6.67. The number of aromatic nitrogens is 2. The summed E-state index contributed by atoms with van der Waals surface area (Å²) in [7, 11) is 1.78. The molecule has 3 aromatic rings. The van der Waals surface area contributed by atoms with Crippen molar-refractivity contribution in [3.63, 3.8) is 0 Å². The first-order valence-corrected chi connectivity index (χ1v) is 12.9. The van der Waals surface area contributed by atoms with E-state index in [9.17, 15) is 9.59 Å². The van der Waals surface area contributed by atoms with E-state index in [2.05, 4.69) is 5.10 Å². The quantitative estimate of drug-likeness (QED) is 0.378. The second-order valence-corrected chi connectivity index (χ2v) is 9.81. The zero-order chi connectivity index (χ0) is 26.1. The molecule has 2 heterocycles. The Balaban J connectivity index is 1.42. The number of rotatable bonds is 11. The number of ether oxygens (including phenoxy) is 2. The summed E-state index contributed by atoms with van der Waals surface area (Å²) >= 11 is 6.01. The van der Waals surface area contributed by atoms with Crippen molar-refractivity contribution in [2.45, 2.75) is 38.0 Å². The van der Waals surface area contributed by atoms with Crippen LogP contribution in [0.1, 0.15) is 24.8 Å². The molecule has 1 fully saturated rings. The first-order chi connectivity index (χ1) is 17.9. The van der Waals surface area contributed by atoms with E-state index >= 15 is 0 Å². The van der Waals surface area contributed by atoms with Gasteiger partial charge in [0, 0.05) is 50.5 Å². The van der Waals surface area contributed by atoms with Crippen LogP contribution >= 0.6 is 11.6 Å². The topological polar surface area (TPSA) is 76.9 Å². The van der Waals surface area contributed by atoms with E-state index in [1.165, 1.54) is 0 Å². The molecule has 0 bridgehead atoms. The summed E-state index contributed by atoms with van der Waals surface area (Å²) in [4.78, 5) is 29.9. The average Bonchev–Trinajstić information content (AvgIpc) is 3.43. The minimum Gasteiger partial charge on any atom is -0.490 e. The van der Waals surface area contributed by atoms with Crippen molar-refractivity contribution in [1.29, 1.82) is 0 Å². The van der Waals surface area contributed by atoms with E-state index in [4.69, 9.17) is 21.1 Å². The maximum absolute atomic E-state index is 13.3. The van der Waals surface area contributed by atoms with Crippen LogP contribution < -0.4 is 4.74 Å². The fourth-order valence-corrected chi connectivity index (χ4v) is 4.51. The summed E-state index contributed by atoms with van der Waals surface area (Å²) in [5.74, 6) is 0.591. The maximum atomic E-state index is 13.3. The maximum Gasteiger partial charge on any atom is 0.225 e. The van der Waals surface area contributed by atoms with E-state index in [1.54, 1.807) is 47.3 Å². The summed E-state index contributed by atoms with van der Waals surface area (Å²) in [5.41, 5.74) is 0.0840. The Morgan fingerprint density at radius 1 is 1.14 bits per heavy atom. The van der Waals surface area contributed by atoms with Gasteiger partial charge in [-0.3, -0.25) is 14.3 Å². The van der Waals surface area contributed by atoms with Crippen LogP contribution in [-0.4, -0.2) is 70.3 Å². The summed E-state index contributed by atoms with van der Waals surface area (Å²) in [6.07, 6.45) is 4.79. The standard InChI is InChI=1S/C28H33ClN4O4/c1-31(20-23-7-3-2-4-8-23)27(35)19-28(22-36-25-12-10-24(29)11-13-25)21-32(17-18-37-28)26(34)9-5-15-33-16-6-14-30-33/h2-4,6-8,10-14,16H,5,9,15,17-22H2,1H3. The van der Waals surface area contributed by atoms with Crippen LogP contribution in [0.3, 0.4) is 0 Å². The van der Waals surface area contributed by atoms with Crippen LogP contribution in [0, 0.1) is 0 Å². The molecule has 37 heavy (non-hydrogen) atoms. The van der Waals surface area contributed by atoms with Crippen molar-refractivity contribution in [2.24, 2.45) is 0 Å². The molecule has 1 aromatic heterocycles. The second kappa shape index (κ2) is 12.7. The molecule has 1 saturated heterocycles. The minimum absolute atomic E-state index is 0.0383. The van der Waals surface area contributed by atoms with E-state index < -0.39 is 5.60 Å². The molecule has 0 saturated carbocycles. The number of hydrogen-bond acceptors (Lipinski definition) is 5. The zero-order valence-corrected chi connectivity index (χ0v) is 21.8. The normalized spacial score (nSPS) is 17.4. The second-order valence-electron chi connectivity index (χ2n) is 9.37. The van der Waals surface area contributed by atoms with Crippen molar-refractivity contribution in [3.8, 4) is 5.75 Å².